The van der Waals surface area contributed by atoms with E-state index in [-0.39, 0.29) is 0 Å². The first-order valence-corrected chi connectivity index (χ1v) is 5.78. The van der Waals surface area contributed by atoms with Crippen molar-refractivity contribution >= 4 is 0 Å². The summed E-state index contributed by atoms with van der Waals surface area (Å²) in [6, 6.07) is -0.755. The normalized spacial score (nSPS) is 25.8. The molecule has 0 radical (unpaired) electrons. The summed E-state index contributed by atoms with van der Waals surface area (Å²) >= 11 is 0. The number of ether oxygens (including phenoxy) is 3. The molecular weight excluding hydrogens is 455 g/mol. The first-order valence-electron chi connectivity index (χ1n) is 5.78. The first kappa shape index (κ1) is 24.4. The molecule has 2 unspecified atom stereocenters. The van der Waals surface area contributed by atoms with Crippen molar-refractivity contribution in [3.63, 3.8) is 0 Å². The Morgan fingerprint density at radius 1 is 0.714 bits per heavy atom. The molecule has 1 aliphatic heterocycles. The summed E-state index contributed by atoms with van der Waals surface area (Å²) in [6.07, 6.45) is -34.8. The molecule has 1 heterocycles. The van der Waals surface area contributed by atoms with Crippen LogP contribution in [0, 0.1) is 11.3 Å². The lowest BCUT2D eigenvalue weighted by Crippen LogP contribution is -2.65. The van der Waals surface area contributed by atoms with Crippen LogP contribution in [0.15, 0.2) is 0 Å². The predicted molar refractivity (Wildman–Crippen MR) is 47.3 cm³/mol. The number of alkyl halides is 15. The minimum Gasteiger partial charge on any atom is -0.263 e. The van der Waals surface area contributed by atoms with Gasteiger partial charge in [-0.1, -0.05) is 0 Å². The monoisotopic (exact) mass is 455 g/mol. The molecule has 0 amide bonds. The van der Waals surface area contributed by atoms with Gasteiger partial charge in [-0.3, -0.25) is 9.47 Å². The fraction of sp³-hybridized carbons (Fsp3) is 0.889. The summed E-state index contributed by atoms with van der Waals surface area (Å²) in [4.78, 5) is 0. The van der Waals surface area contributed by atoms with Gasteiger partial charge in [-0.2, -0.15) is 71.1 Å². The van der Waals surface area contributed by atoms with Crippen molar-refractivity contribution in [1.82, 2.24) is 0 Å². The van der Waals surface area contributed by atoms with Crippen molar-refractivity contribution in [1.29, 1.82) is 5.26 Å². The van der Waals surface area contributed by atoms with E-state index in [1.165, 1.54) is 0 Å². The predicted octanol–water partition coefficient (Wildman–Crippen LogP) is 4.47. The number of nitrogens with zero attached hydrogens (tertiary/aromatic N) is 1. The molecule has 0 aliphatic carbocycles. The van der Waals surface area contributed by atoms with Crippen LogP contribution in [0.5, 0.6) is 0 Å². The van der Waals surface area contributed by atoms with Crippen LogP contribution in [0.2, 0.25) is 0 Å². The van der Waals surface area contributed by atoms with Gasteiger partial charge in [0.1, 0.15) is 6.07 Å². The lowest BCUT2D eigenvalue weighted by atomic mass is 10.2. The van der Waals surface area contributed by atoms with Crippen LogP contribution in [-0.2, 0) is 14.2 Å². The van der Waals surface area contributed by atoms with Crippen LogP contribution in [0.4, 0.5) is 65.9 Å². The minimum atomic E-state index is -7.63. The molecule has 164 valence electrons. The van der Waals surface area contributed by atoms with E-state index in [0.717, 1.165) is 0 Å². The third-order valence-electron chi connectivity index (χ3n) is 2.75. The number of hydrogen-bond acceptors (Lipinski definition) is 4. The molecule has 0 aromatic heterocycles. The van der Waals surface area contributed by atoms with Gasteiger partial charge in [0.15, 0.2) is 0 Å². The van der Waals surface area contributed by atoms with Gasteiger partial charge in [0.05, 0.1) is 0 Å². The molecule has 1 saturated heterocycles. The summed E-state index contributed by atoms with van der Waals surface area (Å²) in [5.74, 6) is -20.0. The van der Waals surface area contributed by atoms with Crippen molar-refractivity contribution in [2.75, 3.05) is 0 Å². The number of epoxide rings is 1. The highest BCUT2D eigenvalue weighted by Crippen LogP contribution is 2.63. The highest BCUT2D eigenvalue weighted by atomic mass is 19.4. The number of rotatable bonds is 7. The van der Waals surface area contributed by atoms with Gasteiger partial charge in [0.2, 0.25) is 0 Å². The molecule has 1 fully saturated rings. The Morgan fingerprint density at radius 3 is 1.39 bits per heavy atom. The van der Waals surface area contributed by atoms with Crippen LogP contribution in [0.3, 0.4) is 0 Å². The van der Waals surface area contributed by atoms with Crippen LogP contribution in [0.25, 0.3) is 0 Å². The van der Waals surface area contributed by atoms with Crippen molar-refractivity contribution in [2.45, 2.75) is 48.2 Å². The molecule has 0 bridgehead atoms. The molecule has 1 aliphatic rings. The zero-order chi connectivity index (χ0) is 22.8. The SMILES string of the molecule is N#CC(F)(F)C(F)(F)OC(F)(C(F)(F)F)C(F)(F)OC(F)(F)C1(F)OC1(F)F. The molecule has 1 rings (SSSR count). The molecule has 0 spiro atoms. The number of nitriles is 1. The van der Waals surface area contributed by atoms with E-state index in [1.54, 1.807) is 9.47 Å². The van der Waals surface area contributed by atoms with E-state index in [2.05, 4.69) is 4.74 Å². The molecule has 0 aromatic rings. The molecule has 2 atom stereocenters. The van der Waals surface area contributed by atoms with Gasteiger partial charge in [-0.25, -0.2) is 4.74 Å². The largest absolute Gasteiger partial charge is 0.458 e. The van der Waals surface area contributed by atoms with Crippen LogP contribution in [-0.4, -0.2) is 48.2 Å². The van der Waals surface area contributed by atoms with Crippen LogP contribution < -0.4 is 0 Å². The van der Waals surface area contributed by atoms with Crippen molar-refractivity contribution in [3.8, 4) is 6.07 Å². The molecule has 4 nitrogen and oxygen atoms in total. The second-order valence-corrected chi connectivity index (χ2v) is 4.75. The summed E-state index contributed by atoms with van der Waals surface area (Å²) in [7, 11) is 0. The summed E-state index contributed by atoms with van der Waals surface area (Å²) < 4.78 is 197. The topological polar surface area (TPSA) is 54.8 Å². The maximum Gasteiger partial charge on any atom is 0.458 e. The smallest absolute Gasteiger partial charge is 0.263 e. The Kier molecular flexibility index (Phi) is 5.15. The maximum atomic E-state index is 13.5. The van der Waals surface area contributed by atoms with Gasteiger partial charge in [-0.05, 0) is 0 Å². The third kappa shape index (κ3) is 3.41. The Morgan fingerprint density at radius 2 is 1.11 bits per heavy atom. The summed E-state index contributed by atoms with van der Waals surface area (Å²) in [6.45, 7) is 0. The molecule has 19 heteroatoms. The third-order valence-corrected chi connectivity index (χ3v) is 2.75. The van der Waals surface area contributed by atoms with Gasteiger partial charge >= 0.3 is 48.2 Å². The number of halogens is 15. The Hall–Kier alpha value is -1.68. The zero-order valence-electron chi connectivity index (χ0n) is 11.8. The minimum absolute atomic E-state index is 0.755. The standard InChI is InChI=1S/C9F15NO3/c10-2(11,1-25)6(17,18)26-3(12,5(14,15)16)7(19,20)28-9(23,24)4(13)8(21,22)27-4. The van der Waals surface area contributed by atoms with Crippen molar-refractivity contribution < 1.29 is 80.1 Å². The maximum absolute atomic E-state index is 13.5. The average molecular weight is 455 g/mol. The van der Waals surface area contributed by atoms with Gasteiger partial charge in [0, 0.05) is 0 Å². The highest BCUT2D eigenvalue weighted by Gasteiger charge is 2.92. The quantitative estimate of drug-likeness (QED) is 0.420. The lowest BCUT2D eigenvalue weighted by Gasteiger charge is -2.37. The Balaban J connectivity index is 3.39. The van der Waals surface area contributed by atoms with E-state index in [1.807, 2.05) is 0 Å². The van der Waals surface area contributed by atoms with Crippen molar-refractivity contribution in [2.24, 2.45) is 0 Å². The molecule has 0 N–H and O–H groups in total. The molecule has 28 heavy (non-hydrogen) atoms. The molecule has 0 aromatic carbocycles. The van der Waals surface area contributed by atoms with Crippen LogP contribution >= 0.6 is 0 Å². The fourth-order valence-corrected chi connectivity index (χ4v) is 1.26. The van der Waals surface area contributed by atoms with Crippen LogP contribution in [0.1, 0.15) is 0 Å². The van der Waals surface area contributed by atoms with E-state index in [4.69, 9.17) is 5.26 Å². The summed E-state index contributed by atoms with van der Waals surface area (Å²) in [5, 5.41) is 7.64. The van der Waals surface area contributed by atoms with E-state index < -0.39 is 54.3 Å². The second-order valence-electron chi connectivity index (χ2n) is 4.75. The Bertz CT molecular complexity index is 669. The molecule has 0 saturated carbocycles. The first-order chi connectivity index (χ1) is 11.9. The molecular formula is C9F15NO3. The number of hydrogen-bond donors (Lipinski definition) is 0. The zero-order valence-corrected chi connectivity index (χ0v) is 11.8. The van der Waals surface area contributed by atoms with Crippen molar-refractivity contribution in [3.05, 3.63) is 0 Å². The summed E-state index contributed by atoms with van der Waals surface area (Å²) in [5.41, 5.74) is 0. The van der Waals surface area contributed by atoms with E-state index >= 15 is 0 Å². The van der Waals surface area contributed by atoms with Gasteiger partial charge in [0.25, 0.3) is 0 Å². The second kappa shape index (κ2) is 5.91. The fourth-order valence-electron chi connectivity index (χ4n) is 1.26. The average Bonchev–Trinajstić information content (AvgIpc) is 2.96. The van der Waals surface area contributed by atoms with Gasteiger partial charge < -0.3 is 0 Å². The van der Waals surface area contributed by atoms with Gasteiger partial charge in [-0.15, -0.1) is 0 Å². The lowest BCUT2D eigenvalue weighted by molar-refractivity contribution is -0.542. The van der Waals surface area contributed by atoms with E-state index in [9.17, 15) is 65.9 Å². The highest BCUT2D eigenvalue weighted by molar-refractivity contribution is 5.03. The Labute approximate surface area is 141 Å². The van der Waals surface area contributed by atoms with E-state index in [0.29, 0.717) is 0 Å².